The zero-order valence-corrected chi connectivity index (χ0v) is 10.6. The van der Waals surface area contributed by atoms with Gasteiger partial charge in [-0.1, -0.05) is 5.21 Å². The van der Waals surface area contributed by atoms with Crippen LogP contribution in [-0.2, 0) is 22.7 Å². The second kappa shape index (κ2) is 5.45. The van der Waals surface area contributed by atoms with Gasteiger partial charge in [-0.3, -0.25) is 4.79 Å². The fourth-order valence-electron chi connectivity index (χ4n) is 2.11. The molecule has 0 aliphatic carbocycles. The molecule has 1 aromatic heterocycles. The minimum atomic E-state index is -0.167. The third-order valence-corrected chi connectivity index (χ3v) is 2.82. The Kier molecular flexibility index (Phi) is 3.93. The van der Waals surface area contributed by atoms with E-state index in [-0.39, 0.29) is 31.3 Å². The molecule has 0 aromatic carbocycles. The minimum absolute atomic E-state index is 0.00797. The first-order valence-corrected chi connectivity index (χ1v) is 6.01. The SMILES string of the molecule is CC1CN(C(=O)Cn2cc(CO)nn2)CC(C)O1. The molecule has 100 valence electrons. The normalized spacial score (nSPS) is 24.3. The lowest BCUT2D eigenvalue weighted by Gasteiger charge is -2.35. The smallest absolute Gasteiger partial charge is 0.244 e. The van der Waals surface area contributed by atoms with Crippen LogP contribution in [0.3, 0.4) is 0 Å². The van der Waals surface area contributed by atoms with Gasteiger partial charge in [-0.25, -0.2) is 4.68 Å². The van der Waals surface area contributed by atoms with Crippen molar-refractivity contribution in [3.8, 4) is 0 Å². The fourth-order valence-corrected chi connectivity index (χ4v) is 2.11. The molecular weight excluding hydrogens is 236 g/mol. The van der Waals surface area contributed by atoms with Crippen molar-refractivity contribution in [1.29, 1.82) is 0 Å². The van der Waals surface area contributed by atoms with Crippen LogP contribution < -0.4 is 0 Å². The van der Waals surface area contributed by atoms with Crippen LogP contribution in [0.25, 0.3) is 0 Å². The first-order valence-electron chi connectivity index (χ1n) is 6.01. The van der Waals surface area contributed by atoms with E-state index < -0.39 is 0 Å². The Hall–Kier alpha value is -1.47. The molecule has 18 heavy (non-hydrogen) atoms. The Morgan fingerprint density at radius 2 is 2.17 bits per heavy atom. The van der Waals surface area contributed by atoms with Crippen molar-refractivity contribution in [2.45, 2.75) is 39.2 Å². The van der Waals surface area contributed by atoms with Crippen molar-refractivity contribution in [3.05, 3.63) is 11.9 Å². The highest BCUT2D eigenvalue weighted by Gasteiger charge is 2.25. The fraction of sp³-hybridized carbons (Fsp3) is 0.727. The van der Waals surface area contributed by atoms with Gasteiger partial charge in [0.1, 0.15) is 12.2 Å². The number of nitrogens with zero attached hydrogens (tertiary/aromatic N) is 4. The molecule has 1 aromatic rings. The summed E-state index contributed by atoms with van der Waals surface area (Å²) in [6, 6.07) is 0. The van der Waals surface area contributed by atoms with Gasteiger partial charge in [-0.2, -0.15) is 0 Å². The van der Waals surface area contributed by atoms with E-state index >= 15 is 0 Å². The van der Waals surface area contributed by atoms with Crippen LogP contribution in [0.1, 0.15) is 19.5 Å². The van der Waals surface area contributed by atoms with E-state index in [1.54, 1.807) is 11.1 Å². The van der Waals surface area contributed by atoms with Crippen LogP contribution in [-0.4, -0.2) is 56.2 Å². The summed E-state index contributed by atoms with van der Waals surface area (Å²) in [4.78, 5) is 13.9. The Morgan fingerprint density at radius 1 is 1.50 bits per heavy atom. The summed E-state index contributed by atoms with van der Waals surface area (Å²) in [6.07, 6.45) is 1.69. The van der Waals surface area contributed by atoms with Crippen LogP contribution in [0.4, 0.5) is 0 Å². The summed E-state index contributed by atoms with van der Waals surface area (Å²) < 4.78 is 7.02. The number of carbonyl (C=O) groups is 1. The molecule has 1 fully saturated rings. The van der Waals surface area contributed by atoms with Crippen LogP contribution in [0.15, 0.2) is 6.20 Å². The number of aromatic nitrogens is 3. The number of aliphatic hydroxyl groups excluding tert-OH is 1. The molecule has 7 heteroatoms. The summed E-state index contributed by atoms with van der Waals surface area (Å²) in [6.45, 7) is 5.09. The van der Waals surface area contributed by atoms with Crippen molar-refractivity contribution < 1.29 is 14.6 Å². The first-order chi connectivity index (χ1) is 8.58. The number of hydrogen-bond donors (Lipinski definition) is 1. The number of carbonyl (C=O) groups excluding carboxylic acids is 1. The molecule has 7 nitrogen and oxygen atoms in total. The van der Waals surface area contributed by atoms with Crippen molar-refractivity contribution in [1.82, 2.24) is 19.9 Å². The lowest BCUT2D eigenvalue weighted by molar-refractivity contribution is -0.144. The van der Waals surface area contributed by atoms with Gasteiger partial charge in [0.25, 0.3) is 0 Å². The van der Waals surface area contributed by atoms with Crippen LogP contribution in [0, 0.1) is 0 Å². The van der Waals surface area contributed by atoms with Gasteiger partial charge in [-0.05, 0) is 13.8 Å². The minimum Gasteiger partial charge on any atom is -0.390 e. The highest BCUT2D eigenvalue weighted by molar-refractivity contribution is 5.76. The lowest BCUT2D eigenvalue weighted by atomic mass is 10.2. The molecule has 1 N–H and O–H groups in total. The largest absolute Gasteiger partial charge is 0.390 e. The zero-order chi connectivity index (χ0) is 13.1. The predicted molar refractivity (Wildman–Crippen MR) is 62.5 cm³/mol. The first kappa shape index (κ1) is 13.0. The maximum atomic E-state index is 12.1. The maximum absolute atomic E-state index is 12.1. The summed E-state index contributed by atoms with van der Waals surface area (Å²) in [5.41, 5.74) is 0.464. The molecule has 0 bridgehead atoms. The molecule has 1 amide bonds. The van der Waals surface area contributed by atoms with E-state index in [0.717, 1.165) is 0 Å². The number of ether oxygens (including phenoxy) is 1. The molecule has 0 saturated carbocycles. The number of aliphatic hydroxyl groups is 1. The molecule has 2 atom stereocenters. The zero-order valence-electron chi connectivity index (χ0n) is 10.6. The third kappa shape index (κ3) is 3.05. The lowest BCUT2D eigenvalue weighted by Crippen LogP contribution is -2.49. The Bertz CT molecular complexity index is 410. The van der Waals surface area contributed by atoms with E-state index in [9.17, 15) is 4.79 Å². The molecule has 0 radical (unpaired) electrons. The highest BCUT2D eigenvalue weighted by Crippen LogP contribution is 2.11. The van der Waals surface area contributed by atoms with Gasteiger partial charge >= 0.3 is 0 Å². The molecule has 1 aliphatic rings. The van der Waals surface area contributed by atoms with E-state index in [4.69, 9.17) is 9.84 Å². The van der Waals surface area contributed by atoms with Crippen LogP contribution in [0.2, 0.25) is 0 Å². The summed E-state index contributed by atoms with van der Waals surface area (Å²) in [7, 11) is 0. The molecule has 2 rings (SSSR count). The van der Waals surface area contributed by atoms with E-state index in [1.165, 1.54) is 4.68 Å². The van der Waals surface area contributed by atoms with E-state index in [0.29, 0.717) is 18.8 Å². The third-order valence-electron chi connectivity index (χ3n) is 2.82. The van der Waals surface area contributed by atoms with Crippen LogP contribution in [0.5, 0.6) is 0 Å². The molecule has 2 unspecified atom stereocenters. The van der Waals surface area contributed by atoms with Gasteiger partial charge < -0.3 is 14.7 Å². The predicted octanol–water partition coefficient (Wildman–Crippen LogP) is -0.594. The standard InChI is InChI=1S/C11H18N4O3/c1-8-3-14(4-9(2)18-8)11(17)6-15-5-10(7-16)12-13-15/h5,8-9,16H,3-4,6-7H2,1-2H3. The number of rotatable bonds is 3. The van der Waals surface area contributed by atoms with Crippen molar-refractivity contribution in [2.75, 3.05) is 13.1 Å². The quantitative estimate of drug-likeness (QED) is 0.779. The maximum Gasteiger partial charge on any atom is 0.244 e. The Balaban J connectivity index is 1.94. The van der Waals surface area contributed by atoms with Crippen LogP contribution >= 0.6 is 0 Å². The van der Waals surface area contributed by atoms with Gasteiger partial charge in [0, 0.05) is 13.1 Å². The Labute approximate surface area is 105 Å². The monoisotopic (exact) mass is 254 g/mol. The molecular formula is C11H18N4O3. The van der Waals surface area contributed by atoms with Gasteiger partial charge in [-0.15, -0.1) is 5.10 Å². The Morgan fingerprint density at radius 3 is 2.72 bits per heavy atom. The molecule has 2 heterocycles. The summed E-state index contributed by atoms with van der Waals surface area (Å²) in [5.74, 6) is -0.00797. The number of hydrogen-bond acceptors (Lipinski definition) is 5. The average molecular weight is 254 g/mol. The van der Waals surface area contributed by atoms with Crippen molar-refractivity contribution in [2.24, 2.45) is 0 Å². The second-order valence-electron chi connectivity index (χ2n) is 4.62. The number of morpholine rings is 1. The topological polar surface area (TPSA) is 80.5 Å². The molecule has 1 saturated heterocycles. The van der Waals surface area contributed by atoms with Gasteiger partial charge in [0.05, 0.1) is 25.0 Å². The van der Waals surface area contributed by atoms with E-state index in [1.807, 2.05) is 13.8 Å². The second-order valence-corrected chi connectivity index (χ2v) is 4.62. The van der Waals surface area contributed by atoms with Crippen molar-refractivity contribution >= 4 is 5.91 Å². The van der Waals surface area contributed by atoms with Crippen molar-refractivity contribution in [3.63, 3.8) is 0 Å². The average Bonchev–Trinajstić information content (AvgIpc) is 2.75. The van der Waals surface area contributed by atoms with Gasteiger partial charge in [0.15, 0.2) is 0 Å². The highest BCUT2D eigenvalue weighted by atomic mass is 16.5. The number of amides is 1. The van der Waals surface area contributed by atoms with E-state index in [2.05, 4.69) is 10.3 Å². The summed E-state index contributed by atoms with van der Waals surface area (Å²) in [5, 5.41) is 16.4. The summed E-state index contributed by atoms with van der Waals surface area (Å²) >= 11 is 0. The van der Waals surface area contributed by atoms with Gasteiger partial charge in [0.2, 0.25) is 5.91 Å². The molecule has 0 spiro atoms. The molecule has 1 aliphatic heterocycles.